The Balaban J connectivity index is 1.89. The largest absolute Gasteiger partial charge is 0.504 e. The molecular formula is C19H24N2O3S. The topological polar surface area (TPSA) is 61.8 Å². The van der Waals surface area contributed by atoms with Crippen molar-refractivity contribution >= 4 is 17.4 Å². The molecule has 2 aromatic rings. The maximum Gasteiger partial charge on any atom is 0.318 e. The summed E-state index contributed by atoms with van der Waals surface area (Å²) in [5.74, 6) is 0.610. The average molecular weight is 360 g/mol. The number of fused-ring (bicyclic) bond motifs is 1. The Bertz CT molecular complexity index is 772. The molecule has 2 N–H and O–H groups in total. The second kappa shape index (κ2) is 7.35. The van der Waals surface area contributed by atoms with Crippen molar-refractivity contribution in [2.75, 3.05) is 13.2 Å². The summed E-state index contributed by atoms with van der Waals surface area (Å²) < 4.78 is 5.72. The number of hydrogen-bond donors (Lipinski definition) is 2. The van der Waals surface area contributed by atoms with Crippen LogP contribution in [0.4, 0.5) is 4.79 Å². The first-order valence-electron chi connectivity index (χ1n) is 8.59. The van der Waals surface area contributed by atoms with Crippen molar-refractivity contribution in [3.05, 3.63) is 34.7 Å². The molecule has 1 atom stereocenters. The van der Waals surface area contributed by atoms with Crippen LogP contribution in [0.2, 0.25) is 0 Å². The summed E-state index contributed by atoms with van der Waals surface area (Å²) >= 11 is 1.68. The van der Waals surface area contributed by atoms with Gasteiger partial charge in [0.15, 0.2) is 11.5 Å². The van der Waals surface area contributed by atoms with Gasteiger partial charge in [0.2, 0.25) is 0 Å². The van der Waals surface area contributed by atoms with Crippen molar-refractivity contribution in [2.45, 2.75) is 39.8 Å². The molecule has 0 radical (unpaired) electrons. The van der Waals surface area contributed by atoms with Crippen molar-refractivity contribution in [1.82, 2.24) is 10.2 Å². The van der Waals surface area contributed by atoms with Crippen LogP contribution >= 0.6 is 11.3 Å². The molecule has 0 fully saturated rings. The van der Waals surface area contributed by atoms with E-state index in [1.54, 1.807) is 22.3 Å². The number of thiophene rings is 1. The summed E-state index contributed by atoms with van der Waals surface area (Å²) in [4.78, 5) is 16.5. The zero-order valence-electron chi connectivity index (χ0n) is 14.8. The van der Waals surface area contributed by atoms with Gasteiger partial charge in [0, 0.05) is 21.4 Å². The van der Waals surface area contributed by atoms with Crippen LogP contribution < -0.4 is 10.1 Å². The van der Waals surface area contributed by atoms with Crippen molar-refractivity contribution < 1.29 is 14.6 Å². The van der Waals surface area contributed by atoms with E-state index in [0.29, 0.717) is 25.4 Å². The van der Waals surface area contributed by atoms with Crippen molar-refractivity contribution in [2.24, 2.45) is 0 Å². The van der Waals surface area contributed by atoms with Crippen LogP contribution in [0.5, 0.6) is 11.5 Å². The Kier molecular flexibility index (Phi) is 5.18. The molecular weight excluding hydrogens is 336 g/mol. The maximum atomic E-state index is 12.5. The van der Waals surface area contributed by atoms with Crippen LogP contribution in [0.3, 0.4) is 0 Å². The third-order valence-corrected chi connectivity index (χ3v) is 5.46. The minimum Gasteiger partial charge on any atom is -0.504 e. The first-order chi connectivity index (χ1) is 12.0. The molecule has 0 saturated heterocycles. The number of amides is 2. The molecule has 134 valence electrons. The second-order valence-corrected chi connectivity index (χ2v) is 7.71. The number of benzene rings is 1. The third kappa shape index (κ3) is 3.90. The van der Waals surface area contributed by atoms with Crippen LogP contribution in [0.15, 0.2) is 24.3 Å². The standard InChI is InChI=1S/C19H24N2O3S/c1-4-12(2)20-19(23)21-7-8-24-18-15(11-21)9-14(10-16(18)22)17-6-5-13(3)25-17/h5-6,9-10,12,22H,4,7-8,11H2,1-3H3,(H,20,23)/t12-/m0/s1. The molecule has 5 nitrogen and oxygen atoms in total. The van der Waals surface area contributed by atoms with Crippen molar-refractivity contribution in [1.29, 1.82) is 0 Å². The fraction of sp³-hybridized carbons (Fsp3) is 0.421. The fourth-order valence-electron chi connectivity index (χ4n) is 2.81. The van der Waals surface area contributed by atoms with Gasteiger partial charge < -0.3 is 20.1 Å². The molecule has 0 bridgehead atoms. The van der Waals surface area contributed by atoms with Gasteiger partial charge in [-0.25, -0.2) is 4.79 Å². The molecule has 0 unspecified atom stereocenters. The van der Waals surface area contributed by atoms with Crippen LogP contribution in [0.25, 0.3) is 10.4 Å². The van der Waals surface area contributed by atoms with Gasteiger partial charge in [0.05, 0.1) is 13.1 Å². The molecule has 0 aliphatic carbocycles. The second-order valence-electron chi connectivity index (χ2n) is 6.42. The van der Waals surface area contributed by atoms with Gasteiger partial charge in [-0.1, -0.05) is 6.92 Å². The van der Waals surface area contributed by atoms with E-state index in [4.69, 9.17) is 4.74 Å². The lowest BCUT2D eigenvalue weighted by molar-refractivity contribution is 0.184. The number of ether oxygens (including phenoxy) is 1. The zero-order valence-corrected chi connectivity index (χ0v) is 15.7. The average Bonchev–Trinajstić information content (AvgIpc) is 2.89. The van der Waals surface area contributed by atoms with E-state index in [1.165, 1.54) is 4.88 Å². The molecule has 1 aromatic carbocycles. The molecule has 3 rings (SSSR count). The minimum atomic E-state index is -0.0948. The Morgan fingerprint density at radius 3 is 2.92 bits per heavy atom. The summed E-state index contributed by atoms with van der Waals surface area (Å²) in [5, 5.41) is 13.4. The number of carbonyl (C=O) groups excluding carboxylic acids is 1. The molecule has 1 aliphatic rings. The Morgan fingerprint density at radius 2 is 2.24 bits per heavy atom. The summed E-state index contributed by atoms with van der Waals surface area (Å²) in [7, 11) is 0. The molecule has 2 heterocycles. The highest BCUT2D eigenvalue weighted by Gasteiger charge is 2.23. The molecule has 6 heteroatoms. The fourth-order valence-corrected chi connectivity index (χ4v) is 3.66. The van der Waals surface area contributed by atoms with Gasteiger partial charge in [-0.3, -0.25) is 0 Å². The Hall–Kier alpha value is -2.21. The van der Waals surface area contributed by atoms with Crippen LogP contribution in [-0.2, 0) is 6.54 Å². The van der Waals surface area contributed by atoms with E-state index < -0.39 is 0 Å². The van der Waals surface area contributed by atoms with Crippen molar-refractivity contribution in [3.8, 4) is 21.9 Å². The lowest BCUT2D eigenvalue weighted by atomic mass is 10.1. The van der Waals surface area contributed by atoms with E-state index in [-0.39, 0.29) is 17.8 Å². The first kappa shape index (κ1) is 17.6. The molecule has 2 amide bonds. The van der Waals surface area contributed by atoms with Gasteiger partial charge in [0.25, 0.3) is 0 Å². The van der Waals surface area contributed by atoms with Crippen LogP contribution in [0.1, 0.15) is 30.7 Å². The van der Waals surface area contributed by atoms with E-state index in [2.05, 4.69) is 18.3 Å². The molecule has 1 aliphatic heterocycles. The van der Waals surface area contributed by atoms with Crippen LogP contribution in [0, 0.1) is 6.92 Å². The number of nitrogens with zero attached hydrogens (tertiary/aromatic N) is 1. The number of phenolic OH excluding ortho intramolecular Hbond substituents is 1. The maximum absolute atomic E-state index is 12.5. The summed E-state index contributed by atoms with van der Waals surface area (Å²) in [6.45, 7) is 7.36. The molecule has 25 heavy (non-hydrogen) atoms. The van der Waals surface area contributed by atoms with E-state index in [0.717, 1.165) is 22.4 Å². The van der Waals surface area contributed by atoms with Gasteiger partial charge in [0.1, 0.15) is 6.61 Å². The third-order valence-electron chi connectivity index (χ3n) is 4.41. The molecule has 1 aromatic heterocycles. The number of hydrogen-bond acceptors (Lipinski definition) is 4. The van der Waals surface area contributed by atoms with Gasteiger partial charge in [-0.05, 0) is 50.1 Å². The Labute approximate surface area is 152 Å². The number of rotatable bonds is 3. The van der Waals surface area contributed by atoms with E-state index >= 15 is 0 Å². The number of nitrogens with one attached hydrogen (secondary N) is 1. The number of aromatic hydroxyl groups is 1. The van der Waals surface area contributed by atoms with Crippen LogP contribution in [-0.4, -0.2) is 35.2 Å². The van der Waals surface area contributed by atoms with Gasteiger partial charge >= 0.3 is 6.03 Å². The molecule has 0 spiro atoms. The number of carbonyl (C=O) groups is 1. The lowest BCUT2D eigenvalue weighted by Crippen LogP contribution is -2.44. The van der Waals surface area contributed by atoms with E-state index in [1.807, 2.05) is 26.0 Å². The van der Waals surface area contributed by atoms with Gasteiger partial charge in [-0.2, -0.15) is 0 Å². The Morgan fingerprint density at radius 1 is 1.44 bits per heavy atom. The number of urea groups is 1. The lowest BCUT2D eigenvalue weighted by Gasteiger charge is -2.23. The zero-order chi connectivity index (χ0) is 18.0. The predicted molar refractivity (Wildman–Crippen MR) is 100 cm³/mol. The highest BCUT2D eigenvalue weighted by Crippen LogP contribution is 2.39. The monoisotopic (exact) mass is 360 g/mol. The highest BCUT2D eigenvalue weighted by molar-refractivity contribution is 7.15. The number of phenols is 1. The summed E-state index contributed by atoms with van der Waals surface area (Å²) in [6, 6.07) is 7.89. The smallest absolute Gasteiger partial charge is 0.318 e. The normalized spacial score (nSPS) is 15.1. The first-order valence-corrected chi connectivity index (χ1v) is 9.40. The predicted octanol–water partition coefficient (Wildman–Crippen LogP) is 4.13. The van der Waals surface area contributed by atoms with E-state index in [9.17, 15) is 9.90 Å². The minimum absolute atomic E-state index is 0.0948. The van der Waals surface area contributed by atoms with Gasteiger partial charge in [-0.15, -0.1) is 11.3 Å². The highest BCUT2D eigenvalue weighted by atomic mass is 32.1. The summed E-state index contributed by atoms with van der Waals surface area (Å²) in [6.07, 6.45) is 0.884. The number of aryl methyl sites for hydroxylation is 1. The van der Waals surface area contributed by atoms with Crippen molar-refractivity contribution in [3.63, 3.8) is 0 Å². The SMILES string of the molecule is CC[C@H](C)NC(=O)N1CCOc2c(O)cc(-c3ccc(C)s3)cc2C1. The summed E-state index contributed by atoms with van der Waals surface area (Å²) in [5.41, 5.74) is 1.78. The quantitative estimate of drug-likeness (QED) is 0.865. The molecule has 0 saturated carbocycles.